The van der Waals surface area contributed by atoms with Crippen LogP contribution < -0.4 is 5.32 Å². The molecule has 1 N–H and O–H groups in total. The van der Waals surface area contributed by atoms with Crippen molar-refractivity contribution in [2.24, 2.45) is 0 Å². The van der Waals surface area contributed by atoms with Gasteiger partial charge in [0, 0.05) is 12.0 Å². The molecule has 1 amide bonds. The maximum Gasteiger partial charge on any atom is 0.344 e. The van der Waals surface area contributed by atoms with Crippen LogP contribution in [0.5, 0.6) is 0 Å². The number of nitrogens with one attached hydrogen (secondary N) is 1. The number of ether oxygens (including phenoxy) is 1. The average molecular weight is 267 g/mol. The lowest BCUT2D eigenvalue weighted by atomic mass is 9.92. The highest BCUT2D eigenvalue weighted by Gasteiger charge is 2.43. The Labute approximate surface area is 113 Å². The van der Waals surface area contributed by atoms with Crippen LogP contribution in [0.2, 0.25) is 0 Å². The summed E-state index contributed by atoms with van der Waals surface area (Å²) in [5.74, 6) is -1.08. The normalized spacial score (nSPS) is 23.3. The molecule has 0 aliphatic carbocycles. The number of amides is 1. The minimum Gasteiger partial charge on any atom is -0.451 e. The second-order valence-corrected chi connectivity index (χ2v) is 5.68. The Morgan fingerprint density at radius 1 is 1.47 bits per heavy atom. The van der Waals surface area contributed by atoms with Crippen LogP contribution in [0, 0.1) is 0 Å². The molecule has 1 heterocycles. The SMILES string of the molecule is CCC1(C)OC(=O)C(C(=O)NC(C)(C)CC=O)=C1C. The van der Waals surface area contributed by atoms with E-state index in [-0.39, 0.29) is 12.0 Å². The van der Waals surface area contributed by atoms with Crippen molar-refractivity contribution in [2.75, 3.05) is 0 Å². The molecule has 5 heteroatoms. The van der Waals surface area contributed by atoms with Gasteiger partial charge < -0.3 is 14.8 Å². The van der Waals surface area contributed by atoms with Gasteiger partial charge in [-0.05, 0) is 39.7 Å². The highest BCUT2D eigenvalue weighted by atomic mass is 16.6. The summed E-state index contributed by atoms with van der Waals surface area (Å²) >= 11 is 0. The highest BCUT2D eigenvalue weighted by Crippen LogP contribution is 2.35. The third-order valence-electron chi connectivity index (χ3n) is 3.64. The number of carbonyl (C=O) groups is 3. The lowest BCUT2D eigenvalue weighted by molar-refractivity contribution is -0.146. The van der Waals surface area contributed by atoms with Crippen LogP contribution >= 0.6 is 0 Å². The molecule has 0 radical (unpaired) electrons. The van der Waals surface area contributed by atoms with Crippen LogP contribution in [0.25, 0.3) is 0 Å². The first-order valence-corrected chi connectivity index (χ1v) is 6.37. The Morgan fingerprint density at radius 3 is 2.47 bits per heavy atom. The van der Waals surface area contributed by atoms with Crippen molar-refractivity contribution in [3.05, 3.63) is 11.1 Å². The summed E-state index contributed by atoms with van der Waals surface area (Å²) in [5, 5.41) is 2.69. The molecule has 0 spiro atoms. The molecule has 5 nitrogen and oxygen atoms in total. The topological polar surface area (TPSA) is 72.5 Å². The molecular formula is C14H21NO4. The van der Waals surface area contributed by atoms with E-state index in [0.29, 0.717) is 12.0 Å². The Balaban J connectivity index is 3.00. The molecule has 0 aromatic heterocycles. The highest BCUT2D eigenvalue weighted by molar-refractivity contribution is 6.18. The average Bonchev–Trinajstić information content (AvgIpc) is 2.49. The second-order valence-electron chi connectivity index (χ2n) is 5.68. The predicted octanol–water partition coefficient (Wildman–Crippen LogP) is 1.51. The molecule has 0 aromatic carbocycles. The van der Waals surface area contributed by atoms with Gasteiger partial charge in [-0.2, -0.15) is 0 Å². The van der Waals surface area contributed by atoms with Crippen molar-refractivity contribution in [3.8, 4) is 0 Å². The molecule has 106 valence electrons. The third-order valence-corrected chi connectivity index (χ3v) is 3.64. The molecule has 1 atom stereocenters. The van der Waals surface area contributed by atoms with Gasteiger partial charge in [-0.1, -0.05) is 6.92 Å². The van der Waals surface area contributed by atoms with Crippen LogP contribution in [0.1, 0.15) is 47.5 Å². The van der Waals surface area contributed by atoms with E-state index in [0.717, 1.165) is 6.29 Å². The summed E-state index contributed by atoms with van der Waals surface area (Å²) in [5.41, 5.74) is -0.696. The molecule has 0 bridgehead atoms. The van der Waals surface area contributed by atoms with E-state index in [2.05, 4.69) is 5.32 Å². The van der Waals surface area contributed by atoms with Crippen LogP contribution in [-0.2, 0) is 19.1 Å². The Bertz CT molecular complexity index is 450. The van der Waals surface area contributed by atoms with Crippen molar-refractivity contribution in [1.82, 2.24) is 5.32 Å². The van der Waals surface area contributed by atoms with Crippen LogP contribution in [0.3, 0.4) is 0 Å². The van der Waals surface area contributed by atoms with Crippen molar-refractivity contribution < 1.29 is 19.1 Å². The lowest BCUT2D eigenvalue weighted by Crippen LogP contribution is -2.45. The number of aldehydes is 1. The quantitative estimate of drug-likeness (QED) is 0.465. The Kier molecular flexibility index (Phi) is 4.18. The van der Waals surface area contributed by atoms with Crippen molar-refractivity contribution >= 4 is 18.2 Å². The summed E-state index contributed by atoms with van der Waals surface area (Å²) in [4.78, 5) is 34.6. The van der Waals surface area contributed by atoms with Crippen molar-refractivity contribution in [3.63, 3.8) is 0 Å². The lowest BCUT2D eigenvalue weighted by Gasteiger charge is -2.24. The molecule has 0 saturated heterocycles. The molecule has 0 fully saturated rings. The fourth-order valence-corrected chi connectivity index (χ4v) is 1.98. The van der Waals surface area contributed by atoms with Gasteiger partial charge in [-0.15, -0.1) is 0 Å². The summed E-state index contributed by atoms with van der Waals surface area (Å²) in [7, 11) is 0. The molecular weight excluding hydrogens is 246 g/mol. The number of hydrogen-bond acceptors (Lipinski definition) is 4. The van der Waals surface area contributed by atoms with Gasteiger partial charge in [0.1, 0.15) is 17.5 Å². The van der Waals surface area contributed by atoms with Gasteiger partial charge in [-0.25, -0.2) is 4.79 Å². The second kappa shape index (κ2) is 5.15. The first-order chi connectivity index (χ1) is 8.67. The zero-order valence-electron chi connectivity index (χ0n) is 12.1. The summed E-state index contributed by atoms with van der Waals surface area (Å²) in [6.45, 7) is 8.88. The summed E-state index contributed by atoms with van der Waals surface area (Å²) < 4.78 is 5.28. The number of hydrogen-bond donors (Lipinski definition) is 1. The zero-order valence-corrected chi connectivity index (χ0v) is 12.1. The maximum atomic E-state index is 12.2. The van der Waals surface area contributed by atoms with Crippen molar-refractivity contribution in [1.29, 1.82) is 0 Å². The fourth-order valence-electron chi connectivity index (χ4n) is 1.98. The monoisotopic (exact) mass is 267 g/mol. The molecule has 1 aliphatic rings. The number of rotatable bonds is 5. The zero-order chi connectivity index (χ0) is 14.8. The maximum absolute atomic E-state index is 12.2. The van der Waals surface area contributed by atoms with Gasteiger partial charge in [0.15, 0.2) is 0 Å². The number of cyclic esters (lactones) is 1. The first kappa shape index (κ1) is 15.4. The van der Waals surface area contributed by atoms with Crippen LogP contribution in [0.4, 0.5) is 0 Å². The third kappa shape index (κ3) is 3.03. The molecule has 1 unspecified atom stereocenters. The van der Waals surface area contributed by atoms with Crippen LogP contribution in [-0.4, -0.2) is 29.3 Å². The first-order valence-electron chi connectivity index (χ1n) is 6.37. The van der Waals surface area contributed by atoms with E-state index < -0.39 is 23.0 Å². The van der Waals surface area contributed by atoms with Gasteiger partial charge in [-0.3, -0.25) is 4.79 Å². The Morgan fingerprint density at radius 2 is 2.05 bits per heavy atom. The molecule has 0 aromatic rings. The summed E-state index contributed by atoms with van der Waals surface area (Å²) in [6.07, 6.45) is 1.54. The largest absolute Gasteiger partial charge is 0.451 e. The van der Waals surface area contributed by atoms with E-state index >= 15 is 0 Å². The van der Waals surface area contributed by atoms with E-state index in [9.17, 15) is 14.4 Å². The van der Waals surface area contributed by atoms with Gasteiger partial charge in [0.25, 0.3) is 5.91 Å². The minimum absolute atomic E-state index is 0.0586. The molecule has 19 heavy (non-hydrogen) atoms. The van der Waals surface area contributed by atoms with Crippen LogP contribution in [0.15, 0.2) is 11.1 Å². The molecule has 1 rings (SSSR count). The standard InChI is InChI=1S/C14H21NO4/c1-6-14(5)9(2)10(12(18)19-14)11(17)15-13(3,4)7-8-16/h8H,6-7H2,1-5H3,(H,15,17). The Hall–Kier alpha value is -1.65. The minimum atomic E-state index is -0.710. The summed E-state index contributed by atoms with van der Waals surface area (Å²) in [6, 6.07) is 0. The van der Waals surface area contributed by atoms with E-state index in [1.165, 1.54) is 0 Å². The van der Waals surface area contributed by atoms with E-state index in [1.54, 1.807) is 27.7 Å². The van der Waals surface area contributed by atoms with Gasteiger partial charge >= 0.3 is 5.97 Å². The fraction of sp³-hybridized carbons (Fsp3) is 0.643. The number of carbonyl (C=O) groups excluding carboxylic acids is 3. The molecule has 0 saturated carbocycles. The van der Waals surface area contributed by atoms with E-state index in [4.69, 9.17) is 4.74 Å². The van der Waals surface area contributed by atoms with E-state index in [1.807, 2.05) is 6.92 Å². The smallest absolute Gasteiger partial charge is 0.344 e. The van der Waals surface area contributed by atoms with Crippen molar-refractivity contribution in [2.45, 2.75) is 58.6 Å². The van der Waals surface area contributed by atoms with Gasteiger partial charge in [0.05, 0.1) is 0 Å². The van der Waals surface area contributed by atoms with Gasteiger partial charge in [0.2, 0.25) is 0 Å². The molecule has 1 aliphatic heterocycles. The predicted molar refractivity (Wildman–Crippen MR) is 70.4 cm³/mol. The number of esters is 1.